The van der Waals surface area contributed by atoms with Crippen LogP contribution in [0.2, 0.25) is 10.0 Å². The molecule has 0 aliphatic heterocycles. The first-order chi connectivity index (χ1) is 8.90. The molecule has 0 atom stereocenters. The first kappa shape index (κ1) is 14.1. The van der Waals surface area contributed by atoms with Crippen molar-refractivity contribution in [3.05, 3.63) is 39.5 Å². The minimum Gasteiger partial charge on any atom is -0.438 e. The van der Waals surface area contributed by atoms with Crippen molar-refractivity contribution in [2.45, 2.75) is 6.92 Å². The number of rotatable bonds is 3. The zero-order chi connectivity index (χ0) is 14.2. The monoisotopic (exact) mass is 315 g/mol. The van der Waals surface area contributed by atoms with Gasteiger partial charge >= 0.3 is 0 Å². The summed E-state index contributed by atoms with van der Waals surface area (Å²) in [5.41, 5.74) is 7.01. The Morgan fingerprint density at radius 3 is 2.63 bits per heavy atom. The zero-order valence-electron chi connectivity index (χ0n) is 10.3. The number of hydrogen-bond donors (Lipinski definition) is 1. The number of nitrogens with zero attached hydrogens (tertiary/aromatic N) is 2. The average molecular weight is 316 g/mol. The van der Waals surface area contributed by atoms with Crippen LogP contribution in [0.15, 0.2) is 18.2 Å². The van der Waals surface area contributed by atoms with E-state index in [2.05, 4.69) is 5.10 Å². The Bertz CT molecular complexity index is 655. The molecule has 0 bridgehead atoms. The lowest BCUT2D eigenvalue weighted by atomic mass is 10.2. The third-order valence-electron chi connectivity index (χ3n) is 2.52. The number of thiocarbonyl (C=S) groups is 1. The van der Waals surface area contributed by atoms with E-state index in [9.17, 15) is 0 Å². The first-order valence-corrected chi connectivity index (χ1v) is 6.53. The number of benzene rings is 1. The number of aromatic nitrogens is 2. The van der Waals surface area contributed by atoms with E-state index in [0.717, 1.165) is 0 Å². The molecule has 0 saturated carbocycles. The predicted molar refractivity (Wildman–Crippen MR) is 80.4 cm³/mol. The van der Waals surface area contributed by atoms with E-state index in [1.165, 1.54) is 0 Å². The molecule has 100 valence electrons. The largest absolute Gasteiger partial charge is 0.438 e. The van der Waals surface area contributed by atoms with Gasteiger partial charge in [0.1, 0.15) is 10.7 Å². The fourth-order valence-corrected chi connectivity index (χ4v) is 2.21. The molecule has 0 aliphatic carbocycles. The molecule has 0 fully saturated rings. The van der Waals surface area contributed by atoms with Gasteiger partial charge < -0.3 is 10.5 Å². The summed E-state index contributed by atoms with van der Waals surface area (Å²) >= 11 is 16.8. The minimum atomic E-state index is 0.237. The highest BCUT2D eigenvalue weighted by molar-refractivity contribution is 7.80. The summed E-state index contributed by atoms with van der Waals surface area (Å²) in [6.07, 6.45) is 0. The molecule has 19 heavy (non-hydrogen) atoms. The standard InChI is InChI=1S/C12H11Cl2N3OS/c1-6-10(11(15)19)12(17(2)16-6)18-7-3-4-8(13)9(14)5-7/h3-5H,1-2H3,(H2,15,19). The lowest BCUT2D eigenvalue weighted by Gasteiger charge is -2.08. The highest BCUT2D eigenvalue weighted by Crippen LogP contribution is 2.31. The highest BCUT2D eigenvalue weighted by atomic mass is 35.5. The van der Waals surface area contributed by atoms with Crippen LogP contribution in [-0.4, -0.2) is 14.8 Å². The van der Waals surface area contributed by atoms with Crippen molar-refractivity contribution in [1.82, 2.24) is 9.78 Å². The molecular formula is C12H11Cl2N3OS. The van der Waals surface area contributed by atoms with Crippen LogP contribution in [0.4, 0.5) is 0 Å². The summed E-state index contributed by atoms with van der Waals surface area (Å²) in [6, 6.07) is 4.98. The van der Waals surface area contributed by atoms with Crippen LogP contribution in [0, 0.1) is 6.92 Å². The molecule has 2 rings (SSSR count). The molecule has 4 nitrogen and oxygen atoms in total. The first-order valence-electron chi connectivity index (χ1n) is 5.36. The van der Waals surface area contributed by atoms with Crippen molar-refractivity contribution in [3.63, 3.8) is 0 Å². The van der Waals surface area contributed by atoms with Crippen LogP contribution in [0.1, 0.15) is 11.3 Å². The van der Waals surface area contributed by atoms with Gasteiger partial charge in [0.25, 0.3) is 0 Å². The molecule has 0 spiro atoms. The average Bonchev–Trinajstić information content (AvgIpc) is 2.59. The van der Waals surface area contributed by atoms with Crippen LogP contribution in [0.25, 0.3) is 0 Å². The highest BCUT2D eigenvalue weighted by Gasteiger charge is 2.18. The Labute approximate surface area is 126 Å². The summed E-state index contributed by atoms with van der Waals surface area (Å²) in [5.74, 6) is 1.01. The maximum atomic E-state index is 5.94. The van der Waals surface area contributed by atoms with Crippen molar-refractivity contribution in [2.24, 2.45) is 12.8 Å². The Hall–Kier alpha value is -1.30. The van der Waals surface area contributed by atoms with Crippen molar-refractivity contribution in [2.75, 3.05) is 0 Å². The molecule has 0 saturated heterocycles. The molecule has 0 amide bonds. The second-order valence-electron chi connectivity index (χ2n) is 3.93. The molecule has 0 radical (unpaired) electrons. The summed E-state index contributed by atoms with van der Waals surface area (Å²) < 4.78 is 7.32. The van der Waals surface area contributed by atoms with Crippen LogP contribution in [0.3, 0.4) is 0 Å². The SMILES string of the molecule is Cc1nn(C)c(Oc2ccc(Cl)c(Cl)c2)c1C(N)=S. The molecule has 0 aliphatic rings. The van der Waals surface area contributed by atoms with E-state index < -0.39 is 0 Å². The Balaban J connectivity index is 2.43. The third kappa shape index (κ3) is 2.83. The molecule has 2 N–H and O–H groups in total. The minimum absolute atomic E-state index is 0.237. The van der Waals surface area contributed by atoms with Gasteiger partial charge in [0.15, 0.2) is 0 Å². The van der Waals surface area contributed by atoms with Gasteiger partial charge in [0.05, 0.1) is 21.3 Å². The van der Waals surface area contributed by atoms with Crippen LogP contribution < -0.4 is 10.5 Å². The lowest BCUT2D eigenvalue weighted by Crippen LogP contribution is -2.11. The van der Waals surface area contributed by atoms with E-state index in [1.807, 2.05) is 6.92 Å². The quantitative estimate of drug-likeness (QED) is 0.881. The van der Waals surface area contributed by atoms with Crippen LogP contribution in [-0.2, 0) is 7.05 Å². The van der Waals surface area contributed by atoms with Gasteiger partial charge in [-0.2, -0.15) is 5.10 Å². The topological polar surface area (TPSA) is 53.1 Å². The van der Waals surface area contributed by atoms with E-state index in [1.54, 1.807) is 29.9 Å². The number of halogens is 2. The van der Waals surface area contributed by atoms with E-state index >= 15 is 0 Å². The van der Waals surface area contributed by atoms with E-state index in [4.69, 9.17) is 45.9 Å². The number of hydrogen-bond acceptors (Lipinski definition) is 3. The van der Waals surface area contributed by atoms with Crippen LogP contribution in [0.5, 0.6) is 11.6 Å². The van der Waals surface area contributed by atoms with Crippen molar-refractivity contribution >= 4 is 40.4 Å². The molecule has 1 heterocycles. The second-order valence-corrected chi connectivity index (χ2v) is 5.19. The summed E-state index contributed by atoms with van der Waals surface area (Å²) in [5, 5.41) is 5.11. The van der Waals surface area contributed by atoms with E-state index in [-0.39, 0.29) is 4.99 Å². The Kier molecular flexibility index (Phi) is 3.99. The van der Waals surface area contributed by atoms with Crippen molar-refractivity contribution in [1.29, 1.82) is 0 Å². The van der Waals surface area contributed by atoms with Crippen LogP contribution >= 0.6 is 35.4 Å². The summed E-state index contributed by atoms with van der Waals surface area (Å²) in [4.78, 5) is 0.237. The maximum absolute atomic E-state index is 5.94. The Morgan fingerprint density at radius 2 is 2.05 bits per heavy atom. The van der Waals surface area contributed by atoms with Gasteiger partial charge in [-0.05, 0) is 19.1 Å². The van der Waals surface area contributed by atoms with Gasteiger partial charge in [0.2, 0.25) is 5.88 Å². The van der Waals surface area contributed by atoms with E-state index in [0.29, 0.717) is 32.9 Å². The van der Waals surface area contributed by atoms with Gasteiger partial charge in [-0.25, -0.2) is 4.68 Å². The number of nitrogens with two attached hydrogens (primary N) is 1. The molecule has 1 aromatic carbocycles. The third-order valence-corrected chi connectivity index (χ3v) is 3.46. The number of ether oxygens (including phenoxy) is 1. The number of aryl methyl sites for hydroxylation is 2. The summed E-state index contributed by atoms with van der Waals surface area (Å²) in [6.45, 7) is 1.82. The normalized spacial score (nSPS) is 10.5. The second kappa shape index (κ2) is 5.36. The van der Waals surface area contributed by atoms with Gasteiger partial charge in [0, 0.05) is 13.1 Å². The molecule has 2 aromatic rings. The maximum Gasteiger partial charge on any atom is 0.228 e. The van der Waals surface area contributed by atoms with Gasteiger partial charge in [-0.15, -0.1) is 0 Å². The Morgan fingerprint density at radius 1 is 1.37 bits per heavy atom. The predicted octanol–water partition coefficient (Wildman–Crippen LogP) is 3.46. The summed E-state index contributed by atoms with van der Waals surface area (Å²) in [7, 11) is 1.75. The van der Waals surface area contributed by atoms with Crippen molar-refractivity contribution < 1.29 is 4.74 Å². The fraction of sp³-hybridized carbons (Fsp3) is 0.167. The zero-order valence-corrected chi connectivity index (χ0v) is 12.6. The molecule has 1 aromatic heterocycles. The smallest absolute Gasteiger partial charge is 0.228 e. The van der Waals surface area contributed by atoms with Gasteiger partial charge in [-0.1, -0.05) is 35.4 Å². The molecule has 7 heteroatoms. The molecular weight excluding hydrogens is 305 g/mol. The fourth-order valence-electron chi connectivity index (χ4n) is 1.69. The molecule has 0 unspecified atom stereocenters. The van der Waals surface area contributed by atoms with Gasteiger partial charge in [-0.3, -0.25) is 0 Å². The lowest BCUT2D eigenvalue weighted by molar-refractivity contribution is 0.430. The van der Waals surface area contributed by atoms with Crippen molar-refractivity contribution in [3.8, 4) is 11.6 Å².